The van der Waals surface area contributed by atoms with Crippen LogP contribution in [0.25, 0.3) is 0 Å². The number of aromatic nitrogens is 2. The number of H-pyrrole nitrogens is 1. The summed E-state index contributed by atoms with van der Waals surface area (Å²) in [7, 11) is 0. The predicted octanol–water partition coefficient (Wildman–Crippen LogP) is 2.83. The Balaban J connectivity index is 1.66. The second-order valence-corrected chi connectivity index (χ2v) is 8.30. The normalized spacial score (nSPS) is 21.0. The zero-order valence-corrected chi connectivity index (χ0v) is 17.5. The molecule has 3 N–H and O–H groups in total. The second-order valence-electron chi connectivity index (χ2n) is 8.30. The van der Waals surface area contributed by atoms with Crippen LogP contribution in [0.15, 0.2) is 23.0 Å². The van der Waals surface area contributed by atoms with Crippen molar-refractivity contribution < 1.29 is 9.59 Å². The van der Waals surface area contributed by atoms with Gasteiger partial charge in [0, 0.05) is 24.7 Å². The van der Waals surface area contributed by atoms with Gasteiger partial charge in [-0.2, -0.15) is 4.98 Å². The van der Waals surface area contributed by atoms with E-state index < -0.39 is 5.92 Å². The number of hydrogen-bond acceptors (Lipinski definition) is 5. The Morgan fingerprint density at radius 2 is 2.03 bits per heavy atom. The van der Waals surface area contributed by atoms with Crippen molar-refractivity contribution in [3.63, 3.8) is 0 Å². The summed E-state index contributed by atoms with van der Waals surface area (Å²) in [5, 5.41) is 5.56. The molecule has 0 saturated carbocycles. The number of aromatic amines is 1. The minimum Gasteiger partial charge on any atom is -0.340 e. The number of benzene rings is 1. The van der Waals surface area contributed by atoms with Gasteiger partial charge in [0.1, 0.15) is 5.82 Å². The molecule has 1 aromatic carbocycles. The van der Waals surface area contributed by atoms with Crippen LogP contribution in [0.2, 0.25) is 0 Å². The van der Waals surface area contributed by atoms with Gasteiger partial charge in [-0.15, -0.1) is 0 Å². The summed E-state index contributed by atoms with van der Waals surface area (Å²) < 4.78 is 0. The van der Waals surface area contributed by atoms with Gasteiger partial charge < -0.3 is 15.5 Å². The Bertz CT molecular complexity index is 1060. The molecule has 2 aliphatic heterocycles. The number of aryl methyl sites for hydroxylation is 2. The van der Waals surface area contributed by atoms with Crippen molar-refractivity contribution in [1.82, 2.24) is 9.97 Å². The lowest BCUT2D eigenvalue weighted by Crippen LogP contribution is -2.42. The van der Waals surface area contributed by atoms with E-state index >= 15 is 0 Å². The van der Waals surface area contributed by atoms with Crippen molar-refractivity contribution in [2.24, 2.45) is 0 Å². The number of hydrogen-bond donors (Lipinski definition) is 3. The van der Waals surface area contributed by atoms with Gasteiger partial charge in [-0.25, -0.2) is 0 Å². The van der Waals surface area contributed by atoms with Crippen LogP contribution in [0.5, 0.6) is 0 Å². The molecule has 8 heteroatoms. The van der Waals surface area contributed by atoms with E-state index in [-0.39, 0.29) is 41.2 Å². The van der Waals surface area contributed by atoms with Crippen molar-refractivity contribution in [3.8, 4) is 0 Å². The van der Waals surface area contributed by atoms with Gasteiger partial charge in [0.05, 0.1) is 11.5 Å². The van der Waals surface area contributed by atoms with Crippen LogP contribution in [0.1, 0.15) is 55.2 Å². The molecule has 1 aromatic heterocycles. The van der Waals surface area contributed by atoms with Gasteiger partial charge in [-0.1, -0.05) is 17.7 Å². The Morgan fingerprint density at radius 1 is 1.23 bits per heavy atom. The molecule has 2 atom stereocenters. The van der Waals surface area contributed by atoms with Crippen LogP contribution >= 0.6 is 0 Å². The first-order valence-electron chi connectivity index (χ1n) is 10.4. The molecule has 0 spiro atoms. The highest BCUT2D eigenvalue weighted by Crippen LogP contribution is 2.31. The van der Waals surface area contributed by atoms with Crippen LogP contribution in [-0.4, -0.2) is 34.4 Å². The minimum absolute atomic E-state index is 0.0893. The first-order chi connectivity index (χ1) is 14.3. The molecule has 4 rings (SSSR count). The molecular weight excluding hydrogens is 382 g/mol. The number of carbonyl (C=O) groups is 2. The third kappa shape index (κ3) is 3.81. The lowest BCUT2D eigenvalue weighted by atomic mass is 9.92. The molecule has 0 radical (unpaired) electrons. The zero-order valence-electron chi connectivity index (χ0n) is 17.5. The fourth-order valence-electron chi connectivity index (χ4n) is 4.31. The minimum atomic E-state index is -0.890. The van der Waals surface area contributed by atoms with Crippen molar-refractivity contribution >= 4 is 29.3 Å². The Morgan fingerprint density at radius 3 is 2.77 bits per heavy atom. The first kappa shape index (κ1) is 20.1. The van der Waals surface area contributed by atoms with E-state index in [1.54, 1.807) is 0 Å². The van der Waals surface area contributed by atoms with Crippen LogP contribution in [0, 0.1) is 13.8 Å². The molecule has 8 nitrogen and oxygen atoms in total. The van der Waals surface area contributed by atoms with E-state index in [4.69, 9.17) is 0 Å². The highest BCUT2D eigenvalue weighted by atomic mass is 16.2. The number of nitrogens with one attached hydrogen (secondary N) is 3. The van der Waals surface area contributed by atoms with E-state index in [2.05, 4.69) is 32.4 Å². The largest absolute Gasteiger partial charge is 0.340 e. The van der Waals surface area contributed by atoms with Crippen LogP contribution in [0.3, 0.4) is 0 Å². The summed E-state index contributed by atoms with van der Waals surface area (Å²) in [5.41, 5.74) is 2.51. The molecule has 0 bridgehead atoms. The molecule has 2 aliphatic rings. The zero-order chi connectivity index (χ0) is 21.4. The van der Waals surface area contributed by atoms with Crippen molar-refractivity contribution in [3.05, 3.63) is 45.2 Å². The molecule has 1 saturated heterocycles. The average Bonchev–Trinajstić information content (AvgIpc) is 2.69. The number of piperidine rings is 1. The summed E-state index contributed by atoms with van der Waals surface area (Å²) in [5.74, 6) is -0.966. The van der Waals surface area contributed by atoms with Gasteiger partial charge >= 0.3 is 0 Å². The van der Waals surface area contributed by atoms with Crippen LogP contribution < -0.4 is 21.1 Å². The summed E-state index contributed by atoms with van der Waals surface area (Å²) in [6.07, 6.45) is 3.10. The fourth-order valence-corrected chi connectivity index (χ4v) is 4.31. The van der Waals surface area contributed by atoms with E-state index in [1.165, 1.54) is 0 Å². The summed E-state index contributed by atoms with van der Waals surface area (Å²) in [6, 6.07) is 5.96. The van der Waals surface area contributed by atoms with Crippen molar-refractivity contribution in [2.75, 3.05) is 22.1 Å². The number of carbonyl (C=O) groups excluding carboxylic acids is 2. The van der Waals surface area contributed by atoms with E-state index in [1.807, 2.05) is 32.0 Å². The maximum atomic E-state index is 13.0. The lowest BCUT2D eigenvalue weighted by molar-refractivity contribution is -0.123. The molecule has 2 aromatic rings. The Kier molecular flexibility index (Phi) is 5.32. The van der Waals surface area contributed by atoms with Crippen molar-refractivity contribution in [2.45, 2.75) is 58.4 Å². The number of nitrogens with zero attached hydrogens (tertiary/aromatic N) is 2. The smallest absolute Gasteiger partial charge is 0.258 e. The summed E-state index contributed by atoms with van der Waals surface area (Å²) >= 11 is 0. The molecular formula is C22H27N5O3. The number of anilines is 3. The molecule has 2 amide bonds. The van der Waals surface area contributed by atoms with Gasteiger partial charge in [0.25, 0.3) is 5.56 Å². The molecule has 30 heavy (non-hydrogen) atoms. The fraction of sp³-hybridized carbons (Fsp3) is 0.455. The van der Waals surface area contributed by atoms with E-state index in [0.717, 1.165) is 36.9 Å². The van der Waals surface area contributed by atoms with Gasteiger partial charge in [-0.3, -0.25) is 19.4 Å². The van der Waals surface area contributed by atoms with Gasteiger partial charge in [-0.05, 0) is 51.7 Å². The number of rotatable bonds is 3. The number of fused-ring (bicyclic) bond motifs is 1. The van der Waals surface area contributed by atoms with Crippen LogP contribution in [0.4, 0.5) is 17.5 Å². The van der Waals surface area contributed by atoms with Crippen LogP contribution in [-0.2, 0) is 9.59 Å². The standard InChI is InChI=1S/C22H27N5O3/c1-12-7-8-16(13(2)10-12)23-20(29)15-11-17(28)24-19-18(15)21(30)26-22(25-19)27-9-5-4-6-14(27)3/h7-8,10,14-15H,4-6,9,11H2,1-3H3,(H,23,29)(H2,24,25,26,28,30)/t14-,15-/m1/s1. The highest BCUT2D eigenvalue weighted by molar-refractivity contribution is 6.04. The monoisotopic (exact) mass is 409 g/mol. The van der Waals surface area contributed by atoms with E-state index in [9.17, 15) is 14.4 Å². The third-order valence-corrected chi connectivity index (χ3v) is 5.97. The summed E-state index contributed by atoms with van der Waals surface area (Å²) in [6.45, 7) is 6.78. The Labute approximate surface area is 175 Å². The molecule has 0 unspecified atom stereocenters. The average molecular weight is 409 g/mol. The SMILES string of the molecule is Cc1ccc(NC(=O)[C@@H]2CC(=O)Nc3nc(N4CCCC[C@H]4C)[nH]c(=O)c32)c(C)c1. The molecule has 158 valence electrons. The maximum Gasteiger partial charge on any atom is 0.258 e. The second kappa shape index (κ2) is 7.93. The van der Waals surface area contributed by atoms with Gasteiger partial charge in [0.15, 0.2) is 0 Å². The molecule has 3 heterocycles. The lowest BCUT2D eigenvalue weighted by Gasteiger charge is -2.34. The van der Waals surface area contributed by atoms with Gasteiger partial charge in [0.2, 0.25) is 17.8 Å². The first-order valence-corrected chi connectivity index (χ1v) is 10.4. The highest BCUT2D eigenvalue weighted by Gasteiger charge is 2.35. The number of amides is 2. The third-order valence-electron chi connectivity index (χ3n) is 5.97. The van der Waals surface area contributed by atoms with E-state index in [0.29, 0.717) is 11.6 Å². The summed E-state index contributed by atoms with van der Waals surface area (Å²) in [4.78, 5) is 47.7. The van der Waals surface area contributed by atoms with Crippen molar-refractivity contribution in [1.29, 1.82) is 0 Å². The maximum absolute atomic E-state index is 13.0. The quantitative estimate of drug-likeness (QED) is 0.723. The molecule has 1 fully saturated rings. The topological polar surface area (TPSA) is 107 Å². The predicted molar refractivity (Wildman–Crippen MR) is 116 cm³/mol. The Hall–Kier alpha value is -3.16. The molecule has 0 aliphatic carbocycles.